The Kier molecular flexibility index (Phi) is 4.51. The fraction of sp³-hybridized carbons (Fsp3) is 0.500. The number of hydrogen-bond acceptors (Lipinski definition) is 4. The van der Waals surface area contributed by atoms with E-state index in [9.17, 15) is 5.26 Å². The standard InChI is InChI=1S/C14H18N2OS/c1-3-11-10-17-8-7-16(11)13-5-4-6-14(18-2)12(13)9-15/h4-6,11H,3,7-8,10H2,1-2H3. The molecule has 1 unspecified atom stereocenters. The molecule has 0 N–H and O–H groups in total. The predicted molar refractivity (Wildman–Crippen MR) is 75.2 cm³/mol. The van der Waals surface area contributed by atoms with Crippen LogP contribution in [0.2, 0.25) is 0 Å². The van der Waals surface area contributed by atoms with E-state index in [0.29, 0.717) is 6.04 Å². The van der Waals surface area contributed by atoms with Gasteiger partial charge in [-0.1, -0.05) is 13.0 Å². The highest BCUT2D eigenvalue weighted by Crippen LogP contribution is 2.31. The van der Waals surface area contributed by atoms with E-state index in [1.165, 1.54) is 0 Å². The summed E-state index contributed by atoms with van der Waals surface area (Å²) in [5.74, 6) is 0. The van der Waals surface area contributed by atoms with Crippen LogP contribution in [0.5, 0.6) is 0 Å². The highest BCUT2D eigenvalue weighted by Gasteiger charge is 2.24. The molecule has 0 amide bonds. The first kappa shape index (κ1) is 13.3. The maximum atomic E-state index is 9.40. The molecule has 0 aliphatic carbocycles. The van der Waals surface area contributed by atoms with Crippen LogP contribution in [0, 0.1) is 11.3 Å². The number of anilines is 1. The molecule has 3 nitrogen and oxygen atoms in total. The molecule has 1 saturated heterocycles. The summed E-state index contributed by atoms with van der Waals surface area (Å²) in [5.41, 5.74) is 1.85. The molecule has 2 rings (SSSR count). The first-order valence-corrected chi connectivity index (χ1v) is 7.45. The molecule has 0 saturated carbocycles. The van der Waals surface area contributed by atoms with Crippen molar-refractivity contribution in [3.63, 3.8) is 0 Å². The number of nitrogens with zero attached hydrogens (tertiary/aromatic N) is 2. The molecular weight excluding hydrogens is 244 g/mol. The highest BCUT2D eigenvalue weighted by atomic mass is 32.2. The van der Waals surface area contributed by atoms with Gasteiger partial charge >= 0.3 is 0 Å². The Morgan fingerprint density at radius 3 is 3.06 bits per heavy atom. The molecule has 1 heterocycles. The summed E-state index contributed by atoms with van der Waals surface area (Å²) >= 11 is 1.63. The zero-order valence-corrected chi connectivity index (χ0v) is 11.7. The number of rotatable bonds is 3. The van der Waals surface area contributed by atoms with Crippen molar-refractivity contribution in [1.29, 1.82) is 5.26 Å². The fourth-order valence-corrected chi connectivity index (χ4v) is 2.92. The van der Waals surface area contributed by atoms with E-state index < -0.39 is 0 Å². The highest BCUT2D eigenvalue weighted by molar-refractivity contribution is 7.98. The molecular formula is C14H18N2OS. The second-order valence-corrected chi connectivity index (χ2v) is 5.14. The maximum absolute atomic E-state index is 9.40. The Morgan fingerprint density at radius 1 is 1.56 bits per heavy atom. The summed E-state index contributed by atoms with van der Waals surface area (Å²) in [4.78, 5) is 3.37. The minimum Gasteiger partial charge on any atom is -0.377 e. The van der Waals surface area contributed by atoms with Crippen molar-refractivity contribution in [2.75, 3.05) is 30.9 Å². The third-order valence-corrected chi connectivity index (χ3v) is 4.12. The molecule has 96 valence electrons. The maximum Gasteiger partial charge on any atom is 0.103 e. The quantitative estimate of drug-likeness (QED) is 0.785. The lowest BCUT2D eigenvalue weighted by molar-refractivity contribution is 0.0929. The van der Waals surface area contributed by atoms with Crippen molar-refractivity contribution in [3.8, 4) is 6.07 Å². The average molecular weight is 262 g/mol. The van der Waals surface area contributed by atoms with Gasteiger partial charge in [-0.3, -0.25) is 0 Å². The molecule has 1 aliphatic heterocycles. The second kappa shape index (κ2) is 6.12. The van der Waals surface area contributed by atoms with Gasteiger partial charge in [-0.05, 0) is 24.8 Å². The zero-order valence-electron chi connectivity index (χ0n) is 10.8. The molecule has 4 heteroatoms. The summed E-state index contributed by atoms with van der Waals surface area (Å²) in [6.07, 6.45) is 3.05. The van der Waals surface area contributed by atoms with E-state index in [-0.39, 0.29) is 0 Å². The second-order valence-electron chi connectivity index (χ2n) is 4.30. The SMILES string of the molecule is CCC1COCCN1c1cccc(SC)c1C#N. The van der Waals surface area contributed by atoms with Gasteiger partial charge in [-0.15, -0.1) is 11.8 Å². The number of ether oxygens (including phenoxy) is 1. The van der Waals surface area contributed by atoms with Crippen molar-refractivity contribution < 1.29 is 4.74 Å². The van der Waals surface area contributed by atoms with E-state index in [1.807, 2.05) is 24.5 Å². The van der Waals surface area contributed by atoms with Crippen LogP contribution in [-0.2, 0) is 4.74 Å². The van der Waals surface area contributed by atoms with E-state index in [2.05, 4.69) is 17.9 Å². The molecule has 0 aromatic heterocycles. The number of benzene rings is 1. The first-order chi connectivity index (χ1) is 8.81. The topological polar surface area (TPSA) is 36.3 Å². The van der Waals surface area contributed by atoms with Gasteiger partial charge in [-0.2, -0.15) is 5.26 Å². The number of hydrogen-bond donors (Lipinski definition) is 0. The number of morpholine rings is 1. The fourth-order valence-electron chi connectivity index (χ4n) is 2.35. The van der Waals surface area contributed by atoms with E-state index in [4.69, 9.17) is 4.74 Å². The summed E-state index contributed by atoms with van der Waals surface area (Å²) in [5, 5.41) is 9.40. The van der Waals surface area contributed by atoms with Crippen molar-refractivity contribution in [3.05, 3.63) is 23.8 Å². The summed E-state index contributed by atoms with van der Waals surface area (Å²) in [6, 6.07) is 8.82. The molecule has 0 spiro atoms. The average Bonchev–Trinajstić information content (AvgIpc) is 2.46. The normalized spacial score (nSPS) is 19.6. The molecule has 1 aliphatic rings. The van der Waals surface area contributed by atoms with Gasteiger partial charge in [0.15, 0.2) is 0 Å². The molecule has 0 bridgehead atoms. The van der Waals surface area contributed by atoms with Crippen LogP contribution in [0.1, 0.15) is 18.9 Å². The Labute approximate surface area is 113 Å². The van der Waals surface area contributed by atoms with Crippen molar-refractivity contribution >= 4 is 17.4 Å². The predicted octanol–water partition coefficient (Wildman–Crippen LogP) is 2.90. The summed E-state index contributed by atoms with van der Waals surface area (Å²) in [7, 11) is 0. The van der Waals surface area contributed by atoms with Crippen LogP contribution in [0.3, 0.4) is 0 Å². The summed E-state index contributed by atoms with van der Waals surface area (Å²) in [6.45, 7) is 4.53. The smallest absolute Gasteiger partial charge is 0.103 e. The Balaban J connectivity index is 2.40. The van der Waals surface area contributed by atoms with Gasteiger partial charge in [0.05, 0.1) is 30.5 Å². The Hall–Kier alpha value is -1.18. The van der Waals surface area contributed by atoms with Crippen molar-refractivity contribution in [2.24, 2.45) is 0 Å². The molecule has 1 atom stereocenters. The van der Waals surface area contributed by atoms with Gasteiger partial charge in [0.25, 0.3) is 0 Å². The van der Waals surface area contributed by atoms with Gasteiger partial charge in [-0.25, -0.2) is 0 Å². The van der Waals surface area contributed by atoms with Gasteiger partial charge in [0, 0.05) is 11.4 Å². The third kappa shape index (κ3) is 2.47. The van der Waals surface area contributed by atoms with Crippen LogP contribution >= 0.6 is 11.8 Å². The van der Waals surface area contributed by atoms with Crippen molar-refractivity contribution in [1.82, 2.24) is 0 Å². The zero-order chi connectivity index (χ0) is 13.0. The van der Waals surface area contributed by atoms with Crippen LogP contribution in [0.4, 0.5) is 5.69 Å². The lowest BCUT2D eigenvalue weighted by Crippen LogP contribution is -2.45. The number of nitriles is 1. The van der Waals surface area contributed by atoms with Gasteiger partial charge in [0.2, 0.25) is 0 Å². The molecule has 1 aromatic carbocycles. The van der Waals surface area contributed by atoms with E-state index >= 15 is 0 Å². The minimum absolute atomic E-state index is 0.378. The van der Waals surface area contributed by atoms with Gasteiger partial charge < -0.3 is 9.64 Å². The Morgan fingerprint density at radius 2 is 2.39 bits per heavy atom. The third-order valence-electron chi connectivity index (χ3n) is 3.34. The molecule has 1 aromatic rings. The monoisotopic (exact) mass is 262 g/mol. The minimum atomic E-state index is 0.378. The Bertz CT molecular complexity index is 456. The van der Waals surface area contributed by atoms with Crippen molar-refractivity contribution in [2.45, 2.75) is 24.3 Å². The largest absolute Gasteiger partial charge is 0.377 e. The molecule has 1 fully saturated rings. The van der Waals surface area contributed by atoms with E-state index in [0.717, 1.165) is 42.3 Å². The number of thioether (sulfide) groups is 1. The summed E-state index contributed by atoms with van der Waals surface area (Å²) < 4.78 is 5.53. The van der Waals surface area contributed by atoms with Crippen LogP contribution in [0.25, 0.3) is 0 Å². The lowest BCUT2D eigenvalue weighted by atomic mass is 10.1. The van der Waals surface area contributed by atoms with Crippen LogP contribution < -0.4 is 4.90 Å². The van der Waals surface area contributed by atoms with E-state index in [1.54, 1.807) is 11.8 Å². The molecule has 0 radical (unpaired) electrons. The molecule has 18 heavy (non-hydrogen) atoms. The first-order valence-electron chi connectivity index (χ1n) is 6.23. The lowest BCUT2D eigenvalue weighted by Gasteiger charge is -2.37. The van der Waals surface area contributed by atoms with Crippen LogP contribution in [0.15, 0.2) is 23.1 Å². The van der Waals surface area contributed by atoms with Crippen LogP contribution in [-0.4, -0.2) is 32.1 Å². The van der Waals surface area contributed by atoms with Gasteiger partial charge in [0.1, 0.15) is 6.07 Å².